The Kier molecular flexibility index (Phi) is 6.90. The van der Waals surface area contributed by atoms with E-state index in [0.29, 0.717) is 6.61 Å². The first-order valence-corrected chi connectivity index (χ1v) is 8.11. The normalized spacial score (nSPS) is 16.6. The summed E-state index contributed by atoms with van der Waals surface area (Å²) in [5.41, 5.74) is 2.25. The van der Waals surface area contributed by atoms with Gasteiger partial charge in [-0.15, -0.1) is 0 Å². The van der Waals surface area contributed by atoms with Crippen molar-refractivity contribution in [2.75, 3.05) is 32.8 Å². The Morgan fingerprint density at radius 1 is 1.41 bits per heavy atom. The van der Waals surface area contributed by atoms with E-state index >= 15 is 0 Å². The summed E-state index contributed by atoms with van der Waals surface area (Å²) < 4.78 is 5.66. The van der Waals surface area contributed by atoms with Crippen LogP contribution in [-0.4, -0.2) is 48.9 Å². The van der Waals surface area contributed by atoms with Crippen LogP contribution >= 0.6 is 0 Å². The van der Waals surface area contributed by atoms with Crippen LogP contribution in [0.1, 0.15) is 25.3 Å². The molecule has 0 unspecified atom stereocenters. The SMILES string of the molecule is C=C(C)COc1cccc(CNCCN2CCC(O)CC2)c1. The predicted octanol–water partition coefficient (Wildman–Crippen LogP) is 2.19. The first-order chi connectivity index (χ1) is 10.6. The molecule has 0 spiro atoms. The summed E-state index contributed by atoms with van der Waals surface area (Å²) in [6, 6.07) is 8.19. The topological polar surface area (TPSA) is 44.7 Å². The van der Waals surface area contributed by atoms with Gasteiger partial charge in [0.05, 0.1) is 6.10 Å². The first kappa shape index (κ1) is 17.0. The number of aliphatic hydroxyl groups excluding tert-OH is 1. The lowest BCUT2D eigenvalue weighted by atomic mass is 10.1. The molecule has 0 saturated carbocycles. The molecule has 1 aliphatic rings. The van der Waals surface area contributed by atoms with E-state index in [1.807, 2.05) is 19.1 Å². The average molecular weight is 304 g/mol. The number of rotatable bonds is 8. The summed E-state index contributed by atoms with van der Waals surface area (Å²) in [4.78, 5) is 2.41. The third-order valence-electron chi connectivity index (χ3n) is 3.87. The van der Waals surface area contributed by atoms with Crippen LogP contribution in [0.5, 0.6) is 5.75 Å². The van der Waals surface area contributed by atoms with Crippen molar-refractivity contribution in [2.24, 2.45) is 0 Å². The van der Waals surface area contributed by atoms with Gasteiger partial charge in [0.25, 0.3) is 0 Å². The Morgan fingerprint density at radius 2 is 2.18 bits per heavy atom. The summed E-state index contributed by atoms with van der Waals surface area (Å²) >= 11 is 0. The zero-order chi connectivity index (χ0) is 15.8. The molecular weight excluding hydrogens is 276 g/mol. The molecule has 1 heterocycles. The minimum absolute atomic E-state index is 0.0915. The highest BCUT2D eigenvalue weighted by Crippen LogP contribution is 2.14. The average Bonchev–Trinajstić information content (AvgIpc) is 2.52. The lowest BCUT2D eigenvalue weighted by Crippen LogP contribution is -2.39. The summed E-state index contributed by atoms with van der Waals surface area (Å²) in [7, 11) is 0. The van der Waals surface area contributed by atoms with Crippen molar-refractivity contribution >= 4 is 0 Å². The van der Waals surface area contributed by atoms with E-state index in [-0.39, 0.29) is 6.10 Å². The van der Waals surface area contributed by atoms with E-state index < -0.39 is 0 Å². The number of ether oxygens (including phenoxy) is 1. The number of benzene rings is 1. The van der Waals surface area contributed by atoms with E-state index in [0.717, 1.165) is 56.9 Å². The van der Waals surface area contributed by atoms with Gasteiger partial charge in [-0.25, -0.2) is 0 Å². The highest BCUT2D eigenvalue weighted by molar-refractivity contribution is 5.28. The third kappa shape index (κ3) is 6.18. The van der Waals surface area contributed by atoms with Crippen LogP contribution in [0, 0.1) is 0 Å². The number of piperidine rings is 1. The summed E-state index contributed by atoms with van der Waals surface area (Å²) in [5, 5.41) is 13.0. The van der Waals surface area contributed by atoms with Gasteiger partial charge in [0.15, 0.2) is 0 Å². The van der Waals surface area contributed by atoms with E-state index in [4.69, 9.17) is 4.74 Å². The molecule has 1 aromatic carbocycles. The Bertz CT molecular complexity index is 468. The van der Waals surface area contributed by atoms with Crippen molar-refractivity contribution in [3.05, 3.63) is 42.0 Å². The Morgan fingerprint density at radius 3 is 2.91 bits per heavy atom. The predicted molar refractivity (Wildman–Crippen MR) is 90.1 cm³/mol. The number of nitrogens with one attached hydrogen (secondary N) is 1. The first-order valence-electron chi connectivity index (χ1n) is 8.11. The lowest BCUT2D eigenvalue weighted by molar-refractivity contribution is 0.0830. The van der Waals surface area contributed by atoms with Crippen LogP contribution in [0.25, 0.3) is 0 Å². The van der Waals surface area contributed by atoms with Crippen LogP contribution in [-0.2, 0) is 6.54 Å². The second-order valence-corrected chi connectivity index (χ2v) is 6.14. The zero-order valence-corrected chi connectivity index (χ0v) is 13.6. The van der Waals surface area contributed by atoms with Gasteiger partial charge in [0.1, 0.15) is 12.4 Å². The molecule has 0 aliphatic carbocycles. The molecule has 1 saturated heterocycles. The number of aliphatic hydroxyl groups is 1. The number of hydrogen-bond acceptors (Lipinski definition) is 4. The fourth-order valence-electron chi connectivity index (χ4n) is 2.56. The molecule has 2 N–H and O–H groups in total. The third-order valence-corrected chi connectivity index (χ3v) is 3.87. The molecule has 0 amide bonds. The quantitative estimate of drug-likeness (QED) is 0.571. The standard InChI is InChI=1S/C18H28N2O2/c1-15(2)14-22-18-5-3-4-16(12-18)13-19-8-11-20-9-6-17(21)7-10-20/h3-5,12,17,19,21H,1,6-11,13-14H2,2H3. The molecule has 0 aromatic heterocycles. The molecule has 2 rings (SSSR count). The van der Waals surface area contributed by atoms with E-state index in [9.17, 15) is 5.11 Å². The van der Waals surface area contributed by atoms with Crippen LogP contribution in [0.2, 0.25) is 0 Å². The summed E-state index contributed by atoms with van der Waals surface area (Å²) in [6.07, 6.45) is 1.72. The maximum atomic E-state index is 9.49. The Hall–Kier alpha value is -1.36. The van der Waals surface area contributed by atoms with Crippen LogP contribution in [0.15, 0.2) is 36.4 Å². The van der Waals surface area contributed by atoms with Gasteiger partial charge in [0.2, 0.25) is 0 Å². The fourth-order valence-corrected chi connectivity index (χ4v) is 2.56. The molecule has 22 heavy (non-hydrogen) atoms. The second-order valence-electron chi connectivity index (χ2n) is 6.14. The Labute approximate surface area is 133 Å². The number of likely N-dealkylation sites (tertiary alicyclic amines) is 1. The van der Waals surface area contributed by atoms with Crippen molar-refractivity contribution < 1.29 is 9.84 Å². The smallest absolute Gasteiger partial charge is 0.120 e. The van der Waals surface area contributed by atoms with Gasteiger partial charge in [-0.2, -0.15) is 0 Å². The summed E-state index contributed by atoms with van der Waals surface area (Å²) in [6.45, 7) is 11.2. The molecule has 0 bridgehead atoms. The zero-order valence-electron chi connectivity index (χ0n) is 13.6. The summed E-state index contributed by atoms with van der Waals surface area (Å²) in [5.74, 6) is 0.896. The molecule has 0 atom stereocenters. The van der Waals surface area contributed by atoms with E-state index in [1.165, 1.54) is 5.56 Å². The van der Waals surface area contributed by atoms with Gasteiger partial charge in [-0.3, -0.25) is 0 Å². The molecule has 1 aromatic rings. The van der Waals surface area contributed by atoms with Crippen LogP contribution < -0.4 is 10.1 Å². The van der Waals surface area contributed by atoms with Crippen molar-refractivity contribution in [3.63, 3.8) is 0 Å². The molecule has 0 radical (unpaired) electrons. The second kappa shape index (κ2) is 8.93. The highest BCUT2D eigenvalue weighted by atomic mass is 16.5. The lowest BCUT2D eigenvalue weighted by Gasteiger charge is -2.29. The molecule has 4 nitrogen and oxygen atoms in total. The maximum absolute atomic E-state index is 9.49. The highest BCUT2D eigenvalue weighted by Gasteiger charge is 2.15. The van der Waals surface area contributed by atoms with Crippen LogP contribution in [0.3, 0.4) is 0 Å². The minimum atomic E-state index is -0.0915. The maximum Gasteiger partial charge on any atom is 0.120 e. The largest absolute Gasteiger partial charge is 0.489 e. The molecule has 1 fully saturated rings. The van der Waals surface area contributed by atoms with Gasteiger partial charge < -0.3 is 20.1 Å². The van der Waals surface area contributed by atoms with Gasteiger partial charge >= 0.3 is 0 Å². The van der Waals surface area contributed by atoms with Gasteiger partial charge in [-0.1, -0.05) is 18.7 Å². The molecule has 4 heteroatoms. The van der Waals surface area contributed by atoms with Crippen molar-refractivity contribution in [2.45, 2.75) is 32.4 Å². The fraction of sp³-hybridized carbons (Fsp3) is 0.556. The van der Waals surface area contributed by atoms with Crippen molar-refractivity contribution in [3.8, 4) is 5.75 Å². The van der Waals surface area contributed by atoms with E-state index in [2.05, 4.69) is 28.9 Å². The monoisotopic (exact) mass is 304 g/mol. The number of nitrogens with zero attached hydrogens (tertiary/aromatic N) is 1. The van der Waals surface area contributed by atoms with Crippen LogP contribution in [0.4, 0.5) is 0 Å². The molecule has 1 aliphatic heterocycles. The van der Waals surface area contributed by atoms with Gasteiger partial charge in [0, 0.05) is 32.7 Å². The van der Waals surface area contributed by atoms with Crippen molar-refractivity contribution in [1.82, 2.24) is 10.2 Å². The van der Waals surface area contributed by atoms with E-state index in [1.54, 1.807) is 0 Å². The number of hydrogen-bond donors (Lipinski definition) is 2. The molecule has 122 valence electrons. The molecular formula is C18H28N2O2. The minimum Gasteiger partial charge on any atom is -0.489 e. The Balaban J connectivity index is 1.66. The van der Waals surface area contributed by atoms with Gasteiger partial charge in [-0.05, 0) is 43.0 Å². The van der Waals surface area contributed by atoms with Crippen molar-refractivity contribution in [1.29, 1.82) is 0 Å².